The number of rotatable bonds is 5. The monoisotopic (exact) mass is 339 g/mol. The van der Waals surface area contributed by atoms with Crippen molar-refractivity contribution in [1.29, 1.82) is 0 Å². The van der Waals surface area contributed by atoms with Crippen LogP contribution in [0.25, 0.3) is 5.65 Å². The lowest BCUT2D eigenvalue weighted by Crippen LogP contribution is -2.37. The Hall–Kier alpha value is -2.34. The van der Waals surface area contributed by atoms with Crippen molar-refractivity contribution in [1.82, 2.24) is 19.5 Å². The molecule has 6 heteroatoms. The Morgan fingerprint density at radius 1 is 1.28 bits per heavy atom. The van der Waals surface area contributed by atoms with Gasteiger partial charge in [-0.25, -0.2) is 4.98 Å². The molecule has 0 radical (unpaired) electrons. The Morgan fingerprint density at radius 2 is 2.20 bits per heavy atom. The molecule has 4 rings (SSSR count). The number of anilines is 1. The maximum absolute atomic E-state index is 5.49. The molecule has 3 aromatic heterocycles. The van der Waals surface area contributed by atoms with Gasteiger partial charge in [-0.15, -0.1) is 0 Å². The summed E-state index contributed by atoms with van der Waals surface area (Å²) in [5.74, 6) is 2.70. The van der Waals surface area contributed by atoms with Gasteiger partial charge in [0.15, 0.2) is 5.65 Å². The molecule has 1 aliphatic rings. The van der Waals surface area contributed by atoms with Crippen LogP contribution in [0.3, 0.4) is 0 Å². The van der Waals surface area contributed by atoms with Crippen LogP contribution in [0.4, 0.5) is 5.82 Å². The fraction of sp³-hybridized carbons (Fsp3) is 0.474. The minimum absolute atomic E-state index is 0.629. The highest BCUT2D eigenvalue weighted by molar-refractivity contribution is 5.50. The van der Waals surface area contributed by atoms with E-state index in [-0.39, 0.29) is 0 Å². The highest BCUT2D eigenvalue weighted by Crippen LogP contribution is 2.20. The number of aryl methyl sites for hydroxylation is 2. The lowest BCUT2D eigenvalue weighted by molar-refractivity contribution is 0.162. The normalized spacial score (nSPS) is 18.7. The number of likely N-dealkylation sites (tertiary alicyclic amines) is 1. The van der Waals surface area contributed by atoms with Gasteiger partial charge in [0.2, 0.25) is 0 Å². The van der Waals surface area contributed by atoms with Gasteiger partial charge in [-0.05, 0) is 51.3 Å². The summed E-state index contributed by atoms with van der Waals surface area (Å²) in [5, 5.41) is 8.15. The first kappa shape index (κ1) is 16.1. The topological polar surface area (TPSA) is 58.6 Å². The van der Waals surface area contributed by atoms with Crippen LogP contribution in [0.2, 0.25) is 0 Å². The first-order valence-corrected chi connectivity index (χ1v) is 9.00. The third-order valence-electron chi connectivity index (χ3n) is 4.81. The second kappa shape index (κ2) is 6.88. The molecule has 1 unspecified atom stereocenters. The zero-order valence-electron chi connectivity index (χ0n) is 14.9. The van der Waals surface area contributed by atoms with Gasteiger partial charge in [0.05, 0.1) is 18.5 Å². The van der Waals surface area contributed by atoms with Crippen LogP contribution in [0.5, 0.6) is 0 Å². The second-order valence-corrected chi connectivity index (χ2v) is 7.04. The number of hydrogen-bond donors (Lipinski definition) is 1. The first-order chi connectivity index (χ1) is 12.2. The van der Waals surface area contributed by atoms with E-state index in [0.717, 1.165) is 54.8 Å². The minimum Gasteiger partial charge on any atom is -0.468 e. The molecule has 0 aliphatic carbocycles. The number of piperidine rings is 1. The molecule has 1 atom stereocenters. The van der Waals surface area contributed by atoms with Gasteiger partial charge < -0.3 is 9.73 Å². The van der Waals surface area contributed by atoms with Gasteiger partial charge in [-0.1, -0.05) is 0 Å². The molecule has 1 saturated heterocycles. The Kier molecular flexibility index (Phi) is 4.44. The van der Waals surface area contributed by atoms with Gasteiger partial charge in [0.25, 0.3) is 0 Å². The smallest absolute Gasteiger partial charge is 0.157 e. The lowest BCUT2D eigenvalue weighted by atomic mass is 9.98. The summed E-state index contributed by atoms with van der Waals surface area (Å²) >= 11 is 0. The fourth-order valence-electron chi connectivity index (χ4n) is 3.67. The third-order valence-corrected chi connectivity index (χ3v) is 4.81. The predicted octanol–water partition coefficient (Wildman–Crippen LogP) is 3.26. The van der Waals surface area contributed by atoms with Gasteiger partial charge in [0.1, 0.15) is 11.6 Å². The van der Waals surface area contributed by atoms with Crippen LogP contribution in [0, 0.1) is 19.8 Å². The molecule has 0 aromatic carbocycles. The predicted molar refractivity (Wildman–Crippen MR) is 97.7 cm³/mol. The molecule has 132 valence electrons. The quantitative estimate of drug-likeness (QED) is 0.773. The van der Waals surface area contributed by atoms with Crippen LogP contribution in [-0.2, 0) is 6.54 Å². The van der Waals surface area contributed by atoms with Crippen LogP contribution >= 0.6 is 0 Å². The van der Waals surface area contributed by atoms with E-state index in [1.807, 2.05) is 30.5 Å². The highest BCUT2D eigenvalue weighted by atomic mass is 16.3. The van der Waals surface area contributed by atoms with Crippen molar-refractivity contribution in [2.24, 2.45) is 5.92 Å². The fourth-order valence-corrected chi connectivity index (χ4v) is 3.67. The van der Waals surface area contributed by atoms with Crippen molar-refractivity contribution in [3.8, 4) is 0 Å². The second-order valence-electron chi connectivity index (χ2n) is 7.04. The summed E-state index contributed by atoms with van der Waals surface area (Å²) in [6.07, 6.45) is 4.24. The zero-order valence-corrected chi connectivity index (χ0v) is 14.9. The van der Waals surface area contributed by atoms with Crippen molar-refractivity contribution >= 4 is 11.5 Å². The molecule has 4 heterocycles. The van der Waals surface area contributed by atoms with Crippen molar-refractivity contribution < 1.29 is 4.42 Å². The van der Waals surface area contributed by atoms with Crippen molar-refractivity contribution in [3.05, 3.63) is 47.7 Å². The molecule has 25 heavy (non-hydrogen) atoms. The Bertz CT molecular complexity index is 839. The molecule has 0 amide bonds. The molecule has 3 aromatic rings. The summed E-state index contributed by atoms with van der Waals surface area (Å²) in [7, 11) is 0. The Morgan fingerprint density at radius 3 is 3.04 bits per heavy atom. The number of nitrogens with zero attached hydrogens (tertiary/aromatic N) is 4. The molecule has 0 bridgehead atoms. The van der Waals surface area contributed by atoms with Crippen molar-refractivity contribution in [2.75, 3.05) is 25.0 Å². The average Bonchev–Trinajstić information content (AvgIpc) is 3.21. The molecule has 0 spiro atoms. The maximum Gasteiger partial charge on any atom is 0.157 e. The van der Waals surface area contributed by atoms with E-state index in [2.05, 4.69) is 32.4 Å². The molecule has 0 saturated carbocycles. The van der Waals surface area contributed by atoms with Gasteiger partial charge >= 0.3 is 0 Å². The standard InChI is InChI=1S/C19H25N5O/c1-14-9-18(24-19(21-14)10-15(2)22-24)20-11-16-5-3-7-23(12-16)13-17-6-4-8-25-17/h4,6,8-10,16,20H,3,5,7,11-13H2,1-2H3. The van der Waals surface area contributed by atoms with Crippen LogP contribution < -0.4 is 5.32 Å². The maximum atomic E-state index is 5.49. The SMILES string of the molecule is Cc1cc(NCC2CCCN(Cc3ccco3)C2)n2nc(C)cc2n1. The molecule has 1 N–H and O–H groups in total. The molecule has 6 nitrogen and oxygen atoms in total. The van der Waals surface area contributed by atoms with Crippen molar-refractivity contribution in [2.45, 2.75) is 33.2 Å². The van der Waals surface area contributed by atoms with E-state index in [1.165, 1.54) is 12.8 Å². The minimum atomic E-state index is 0.629. The van der Waals surface area contributed by atoms with E-state index >= 15 is 0 Å². The average molecular weight is 339 g/mol. The van der Waals surface area contributed by atoms with E-state index < -0.39 is 0 Å². The number of furan rings is 1. The van der Waals surface area contributed by atoms with Crippen LogP contribution in [0.15, 0.2) is 34.9 Å². The Labute approximate surface area is 147 Å². The van der Waals surface area contributed by atoms with Gasteiger partial charge in [0, 0.05) is 30.9 Å². The molecular weight excluding hydrogens is 314 g/mol. The first-order valence-electron chi connectivity index (χ1n) is 9.00. The van der Waals surface area contributed by atoms with E-state index in [4.69, 9.17) is 4.42 Å². The molecule has 1 aliphatic heterocycles. The number of nitrogens with one attached hydrogen (secondary N) is 1. The number of aromatic nitrogens is 3. The zero-order chi connectivity index (χ0) is 17.2. The van der Waals surface area contributed by atoms with Crippen LogP contribution in [0.1, 0.15) is 30.0 Å². The number of hydrogen-bond acceptors (Lipinski definition) is 5. The largest absolute Gasteiger partial charge is 0.468 e. The van der Waals surface area contributed by atoms with E-state index in [1.54, 1.807) is 6.26 Å². The molecule has 1 fully saturated rings. The summed E-state index contributed by atoms with van der Waals surface area (Å²) in [4.78, 5) is 7.03. The summed E-state index contributed by atoms with van der Waals surface area (Å²) in [5.41, 5.74) is 2.91. The highest BCUT2D eigenvalue weighted by Gasteiger charge is 2.21. The van der Waals surface area contributed by atoms with Gasteiger partial charge in [-0.3, -0.25) is 4.90 Å². The Balaban J connectivity index is 1.41. The number of fused-ring (bicyclic) bond motifs is 1. The summed E-state index contributed by atoms with van der Waals surface area (Å²) < 4.78 is 7.40. The summed E-state index contributed by atoms with van der Waals surface area (Å²) in [6, 6.07) is 8.10. The van der Waals surface area contributed by atoms with Gasteiger partial charge in [-0.2, -0.15) is 9.61 Å². The molecular formula is C19H25N5O. The van der Waals surface area contributed by atoms with E-state index in [0.29, 0.717) is 5.92 Å². The lowest BCUT2D eigenvalue weighted by Gasteiger charge is -2.32. The van der Waals surface area contributed by atoms with Crippen molar-refractivity contribution in [3.63, 3.8) is 0 Å². The third kappa shape index (κ3) is 3.69. The van der Waals surface area contributed by atoms with Crippen LogP contribution in [-0.4, -0.2) is 39.1 Å². The summed E-state index contributed by atoms with van der Waals surface area (Å²) in [6.45, 7) is 8.13. The van der Waals surface area contributed by atoms with E-state index in [9.17, 15) is 0 Å².